The molecule has 2 aromatic carbocycles. The van der Waals surface area contributed by atoms with Gasteiger partial charge in [-0.25, -0.2) is 0 Å². The fourth-order valence-corrected chi connectivity index (χ4v) is 2.95. The molecule has 0 aliphatic rings. The van der Waals surface area contributed by atoms with Crippen LogP contribution in [0, 0.1) is 13.8 Å². The number of hydrogen-bond acceptors (Lipinski definition) is 2. The van der Waals surface area contributed by atoms with Gasteiger partial charge in [0.15, 0.2) is 0 Å². The quantitative estimate of drug-likeness (QED) is 0.703. The average Bonchev–Trinajstić information content (AvgIpc) is 2.90. The number of para-hydroxylation sites is 1. The van der Waals surface area contributed by atoms with E-state index in [1.807, 2.05) is 24.3 Å². The Balaban J connectivity index is 1.82. The van der Waals surface area contributed by atoms with Crippen LogP contribution in [0.3, 0.4) is 0 Å². The van der Waals surface area contributed by atoms with Crippen molar-refractivity contribution in [3.8, 4) is 0 Å². The number of fused-ring (bicyclic) bond motifs is 1. The molecule has 0 aliphatic carbocycles. The van der Waals surface area contributed by atoms with Gasteiger partial charge in [0.25, 0.3) is 0 Å². The summed E-state index contributed by atoms with van der Waals surface area (Å²) in [4.78, 5) is 12.5. The summed E-state index contributed by atoms with van der Waals surface area (Å²) in [7, 11) is 0. The van der Waals surface area contributed by atoms with Crippen LogP contribution in [0.25, 0.3) is 11.0 Å². The van der Waals surface area contributed by atoms with Gasteiger partial charge in [-0.15, -0.1) is 0 Å². The lowest BCUT2D eigenvalue weighted by molar-refractivity contribution is -0.115. The van der Waals surface area contributed by atoms with Crippen molar-refractivity contribution >= 4 is 22.6 Å². The Kier molecular flexibility index (Phi) is 4.43. The zero-order chi connectivity index (χ0) is 17.3. The maximum absolute atomic E-state index is 12.5. The summed E-state index contributed by atoms with van der Waals surface area (Å²) in [6.45, 7) is 8.39. The molecule has 0 bridgehead atoms. The zero-order valence-electron chi connectivity index (χ0n) is 14.6. The summed E-state index contributed by atoms with van der Waals surface area (Å²) in [6.07, 6.45) is 2.00. The minimum Gasteiger partial charge on any atom is -0.464 e. The summed E-state index contributed by atoms with van der Waals surface area (Å²) in [5, 5.41) is 4.06. The summed E-state index contributed by atoms with van der Waals surface area (Å²) < 4.78 is 5.62. The van der Waals surface area contributed by atoms with Crippen molar-refractivity contribution in [3.05, 3.63) is 64.9 Å². The van der Waals surface area contributed by atoms with E-state index in [1.165, 1.54) is 11.1 Å². The second kappa shape index (κ2) is 6.52. The third-order valence-corrected chi connectivity index (χ3v) is 4.48. The number of furan rings is 1. The maximum Gasteiger partial charge on any atom is 0.228 e. The summed E-state index contributed by atoms with van der Waals surface area (Å²) in [5.41, 5.74) is 6.19. The Morgan fingerprint density at radius 3 is 2.58 bits per heavy atom. The molecule has 0 atom stereocenters. The molecule has 3 heteroatoms. The molecule has 1 aromatic heterocycles. The third-order valence-electron chi connectivity index (χ3n) is 4.48. The molecule has 0 aliphatic heterocycles. The number of rotatable bonds is 4. The van der Waals surface area contributed by atoms with E-state index in [2.05, 4.69) is 45.1 Å². The molecule has 3 aromatic rings. The Morgan fingerprint density at radius 1 is 1.12 bits per heavy atom. The highest BCUT2D eigenvalue weighted by atomic mass is 16.3. The van der Waals surface area contributed by atoms with Crippen LogP contribution in [-0.2, 0) is 11.2 Å². The summed E-state index contributed by atoms with van der Waals surface area (Å²) >= 11 is 0. The molecule has 0 unspecified atom stereocenters. The fraction of sp³-hybridized carbons (Fsp3) is 0.286. The predicted molar refractivity (Wildman–Crippen MR) is 98.6 cm³/mol. The SMILES string of the molecule is Cc1cc2occ(CC(=O)Nc3ccccc3C(C)C)c2cc1C. The van der Waals surface area contributed by atoms with Crippen LogP contribution in [0.2, 0.25) is 0 Å². The smallest absolute Gasteiger partial charge is 0.228 e. The lowest BCUT2D eigenvalue weighted by Gasteiger charge is -2.13. The standard InChI is InChI=1S/C21H23NO2/c1-13(2)17-7-5-6-8-19(17)22-21(23)11-16-12-24-20-10-15(4)14(3)9-18(16)20/h5-10,12-13H,11H2,1-4H3,(H,22,23). The van der Waals surface area contributed by atoms with Crippen molar-refractivity contribution in [2.45, 2.75) is 40.0 Å². The monoisotopic (exact) mass is 321 g/mol. The van der Waals surface area contributed by atoms with E-state index in [-0.39, 0.29) is 5.91 Å². The number of aryl methyl sites for hydroxylation is 2. The molecule has 24 heavy (non-hydrogen) atoms. The van der Waals surface area contributed by atoms with E-state index >= 15 is 0 Å². The number of amides is 1. The van der Waals surface area contributed by atoms with Gasteiger partial charge in [0.05, 0.1) is 12.7 Å². The molecule has 1 N–H and O–H groups in total. The van der Waals surface area contributed by atoms with Gasteiger partial charge in [-0.1, -0.05) is 32.0 Å². The summed E-state index contributed by atoms with van der Waals surface area (Å²) in [6, 6.07) is 12.1. The van der Waals surface area contributed by atoms with E-state index in [0.29, 0.717) is 12.3 Å². The number of carbonyl (C=O) groups excluding carboxylic acids is 1. The molecule has 0 fully saturated rings. The second-order valence-electron chi connectivity index (χ2n) is 6.66. The minimum atomic E-state index is -0.0240. The minimum absolute atomic E-state index is 0.0240. The normalized spacial score (nSPS) is 11.2. The first-order valence-electron chi connectivity index (χ1n) is 8.32. The Labute approximate surface area is 142 Å². The molecular formula is C21H23NO2. The van der Waals surface area contributed by atoms with Crippen molar-refractivity contribution in [3.63, 3.8) is 0 Å². The van der Waals surface area contributed by atoms with E-state index in [0.717, 1.165) is 27.8 Å². The van der Waals surface area contributed by atoms with Gasteiger partial charge in [-0.2, -0.15) is 0 Å². The van der Waals surface area contributed by atoms with E-state index in [1.54, 1.807) is 6.26 Å². The van der Waals surface area contributed by atoms with Gasteiger partial charge < -0.3 is 9.73 Å². The van der Waals surface area contributed by atoms with Crippen molar-refractivity contribution in [1.29, 1.82) is 0 Å². The summed E-state index contributed by atoms with van der Waals surface area (Å²) in [5.74, 6) is 0.339. The van der Waals surface area contributed by atoms with Crippen LogP contribution in [0.1, 0.15) is 42.0 Å². The topological polar surface area (TPSA) is 42.2 Å². The van der Waals surface area contributed by atoms with Gasteiger partial charge in [0, 0.05) is 16.6 Å². The molecule has 0 saturated carbocycles. The van der Waals surface area contributed by atoms with Gasteiger partial charge in [0.1, 0.15) is 5.58 Å². The first kappa shape index (κ1) is 16.3. The van der Waals surface area contributed by atoms with Crippen LogP contribution in [0.5, 0.6) is 0 Å². The van der Waals surface area contributed by atoms with Crippen LogP contribution in [0.4, 0.5) is 5.69 Å². The zero-order valence-corrected chi connectivity index (χ0v) is 14.6. The molecule has 3 nitrogen and oxygen atoms in total. The first-order valence-corrected chi connectivity index (χ1v) is 8.32. The second-order valence-corrected chi connectivity index (χ2v) is 6.66. The highest BCUT2D eigenvalue weighted by molar-refractivity contribution is 5.96. The van der Waals surface area contributed by atoms with Crippen LogP contribution in [0.15, 0.2) is 47.1 Å². The van der Waals surface area contributed by atoms with Crippen LogP contribution >= 0.6 is 0 Å². The van der Waals surface area contributed by atoms with Crippen molar-refractivity contribution in [2.75, 3.05) is 5.32 Å². The lowest BCUT2D eigenvalue weighted by Crippen LogP contribution is -2.15. The van der Waals surface area contributed by atoms with Crippen molar-refractivity contribution in [1.82, 2.24) is 0 Å². The lowest BCUT2D eigenvalue weighted by atomic mass is 10.0. The van der Waals surface area contributed by atoms with Gasteiger partial charge in [0.2, 0.25) is 5.91 Å². The molecular weight excluding hydrogens is 298 g/mol. The Morgan fingerprint density at radius 2 is 1.83 bits per heavy atom. The van der Waals surface area contributed by atoms with Crippen molar-refractivity contribution in [2.24, 2.45) is 0 Å². The number of nitrogens with one attached hydrogen (secondary N) is 1. The number of benzene rings is 2. The largest absolute Gasteiger partial charge is 0.464 e. The van der Waals surface area contributed by atoms with Gasteiger partial charge >= 0.3 is 0 Å². The molecule has 1 amide bonds. The number of carbonyl (C=O) groups is 1. The maximum atomic E-state index is 12.5. The van der Waals surface area contributed by atoms with Gasteiger partial charge in [-0.3, -0.25) is 4.79 Å². The Hall–Kier alpha value is -2.55. The molecule has 1 heterocycles. The average molecular weight is 321 g/mol. The molecule has 0 saturated heterocycles. The molecule has 3 rings (SSSR count). The van der Waals surface area contributed by atoms with Crippen molar-refractivity contribution < 1.29 is 9.21 Å². The predicted octanol–water partition coefficient (Wildman–Crippen LogP) is 5.35. The van der Waals surface area contributed by atoms with Crippen LogP contribution < -0.4 is 5.32 Å². The van der Waals surface area contributed by atoms with E-state index in [4.69, 9.17) is 4.42 Å². The molecule has 0 radical (unpaired) electrons. The third kappa shape index (κ3) is 3.21. The van der Waals surface area contributed by atoms with Gasteiger partial charge in [-0.05, 0) is 54.7 Å². The van der Waals surface area contributed by atoms with E-state index in [9.17, 15) is 4.79 Å². The number of anilines is 1. The van der Waals surface area contributed by atoms with Crippen LogP contribution in [-0.4, -0.2) is 5.91 Å². The molecule has 0 spiro atoms. The highest BCUT2D eigenvalue weighted by Crippen LogP contribution is 2.27. The number of hydrogen-bond donors (Lipinski definition) is 1. The highest BCUT2D eigenvalue weighted by Gasteiger charge is 2.13. The first-order chi connectivity index (χ1) is 11.5. The Bertz CT molecular complexity index is 890. The molecule has 124 valence electrons. The van der Waals surface area contributed by atoms with E-state index < -0.39 is 0 Å². The fourth-order valence-electron chi connectivity index (χ4n) is 2.95.